The standard InChI is InChI=1S/C32H50O6/c1-17(15-19(37-18(2)33)26-28(5,6)38-26)23-24(35)25(36)30(8)21-10-9-20-27(3,4)22(34)11-12-31(20)16-32(21,31)14-13-29(23,30)7/h17,19-23,25-26,34,36H,9-16H2,1-8H3/t17-,19-,20+,21+,22+,23+,25+,26-,29-,30-,31-,32+/m1/s1. The number of esters is 1. The number of fused-ring (bicyclic) bond motifs is 2. The summed E-state index contributed by atoms with van der Waals surface area (Å²) in [6, 6.07) is 0. The Balaban J connectivity index is 1.31. The number of Topliss-reactive ketones (excluding diaryl/α,β-unsaturated/α-hetero) is 1. The molecule has 6 heteroatoms. The number of ether oxygens (including phenoxy) is 2. The van der Waals surface area contributed by atoms with E-state index in [9.17, 15) is 19.8 Å². The van der Waals surface area contributed by atoms with Crippen molar-refractivity contribution in [3.05, 3.63) is 0 Å². The first-order valence-corrected chi connectivity index (χ1v) is 15.2. The van der Waals surface area contributed by atoms with Gasteiger partial charge in [-0.15, -0.1) is 0 Å². The summed E-state index contributed by atoms with van der Waals surface area (Å²) in [6.07, 6.45) is 6.12. The van der Waals surface area contributed by atoms with Crippen LogP contribution in [0, 0.1) is 50.7 Å². The highest BCUT2D eigenvalue weighted by Crippen LogP contribution is 2.88. The second kappa shape index (κ2) is 7.85. The molecule has 0 unspecified atom stereocenters. The van der Waals surface area contributed by atoms with Crippen LogP contribution in [0.15, 0.2) is 0 Å². The minimum absolute atomic E-state index is 0.00618. The van der Waals surface area contributed by atoms with Crippen LogP contribution in [0.4, 0.5) is 0 Å². The van der Waals surface area contributed by atoms with Crippen molar-refractivity contribution in [2.75, 3.05) is 0 Å². The minimum Gasteiger partial charge on any atom is -0.460 e. The summed E-state index contributed by atoms with van der Waals surface area (Å²) in [6.45, 7) is 16.6. The number of ketones is 1. The molecule has 0 radical (unpaired) electrons. The third-order valence-corrected chi connectivity index (χ3v) is 14.0. The zero-order chi connectivity index (χ0) is 27.8. The van der Waals surface area contributed by atoms with E-state index < -0.39 is 11.5 Å². The Labute approximate surface area is 228 Å². The third-order valence-electron chi connectivity index (χ3n) is 14.0. The molecule has 2 spiro atoms. The summed E-state index contributed by atoms with van der Waals surface area (Å²) in [4.78, 5) is 26.0. The Morgan fingerprint density at radius 2 is 1.61 bits per heavy atom. The van der Waals surface area contributed by atoms with Gasteiger partial charge < -0.3 is 19.7 Å². The van der Waals surface area contributed by atoms with Crippen LogP contribution < -0.4 is 0 Å². The summed E-state index contributed by atoms with van der Waals surface area (Å²) in [5.41, 5.74) is -0.741. The number of hydrogen-bond acceptors (Lipinski definition) is 6. The van der Waals surface area contributed by atoms with E-state index in [4.69, 9.17) is 9.47 Å². The maximum Gasteiger partial charge on any atom is 0.302 e. The van der Waals surface area contributed by atoms with Crippen LogP contribution in [0.5, 0.6) is 0 Å². The first kappa shape index (κ1) is 27.2. The second-order valence-corrected chi connectivity index (χ2v) is 16.0. The molecule has 0 bridgehead atoms. The van der Waals surface area contributed by atoms with Crippen molar-refractivity contribution in [3.8, 4) is 0 Å². The van der Waals surface area contributed by atoms with Gasteiger partial charge in [-0.05, 0) is 105 Å². The first-order valence-electron chi connectivity index (χ1n) is 15.2. The Hall–Kier alpha value is -0.980. The molecule has 0 aromatic carbocycles. The lowest BCUT2D eigenvalue weighted by Crippen LogP contribution is -2.59. The molecule has 6 aliphatic rings. The quantitative estimate of drug-likeness (QED) is 0.381. The van der Waals surface area contributed by atoms with Crippen molar-refractivity contribution in [2.45, 2.75) is 137 Å². The predicted molar refractivity (Wildman–Crippen MR) is 143 cm³/mol. The van der Waals surface area contributed by atoms with Crippen LogP contribution in [-0.2, 0) is 19.1 Å². The molecule has 1 aliphatic heterocycles. The molecular weight excluding hydrogens is 480 g/mol. The molecule has 12 atom stereocenters. The molecule has 1 heterocycles. The molecule has 0 aromatic rings. The topological polar surface area (TPSA) is 96.4 Å². The lowest BCUT2D eigenvalue weighted by molar-refractivity contribution is -0.182. The van der Waals surface area contributed by atoms with E-state index in [-0.39, 0.29) is 69.2 Å². The van der Waals surface area contributed by atoms with Crippen LogP contribution in [-0.4, -0.2) is 52.0 Å². The maximum atomic E-state index is 14.0. The SMILES string of the molecule is CC(=O)O[C@H](C[C@@H](C)[C@H]1C(=O)[C@H](O)[C@@]2(C)[C@@H]3CC[C@H]4C(C)(C)[C@@H](O)CC[C@@]45C[C@@]35CC[C@]12C)[C@H]1OC1(C)C. The van der Waals surface area contributed by atoms with Crippen molar-refractivity contribution in [2.24, 2.45) is 50.7 Å². The van der Waals surface area contributed by atoms with Crippen LogP contribution in [0.1, 0.15) is 107 Å². The van der Waals surface area contributed by atoms with E-state index in [0.29, 0.717) is 18.3 Å². The largest absolute Gasteiger partial charge is 0.460 e. The van der Waals surface area contributed by atoms with Crippen molar-refractivity contribution < 1.29 is 29.3 Å². The molecule has 2 N–H and O–H groups in total. The third kappa shape index (κ3) is 3.12. The Bertz CT molecular complexity index is 1050. The maximum absolute atomic E-state index is 14.0. The lowest BCUT2D eigenvalue weighted by Gasteiger charge is -2.63. The molecule has 5 saturated carbocycles. The fourth-order valence-electron chi connectivity index (χ4n) is 11.9. The average Bonchev–Trinajstić information content (AvgIpc) is 3.66. The van der Waals surface area contributed by atoms with Crippen LogP contribution in [0.3, 0.4) is 0 Å². The van der Waals surface area contributed by atoms with Gasteiger partial charge in [-0.1, -0.05) is 34.6 Å². The smallest absolute Gasteiger partial charge is 0.302 e. The Kier molecular flexibility index (Phi) is 5.62. The number of carbonyl (C=O) groups is 2. The number of rotatable bonds is 5. The number of hydrogen-bond donors (Lipinski definition) is 2. The monoisotopic (exact) mass is 530 g/mol. The molecule has 1 saturated heterocycles. The number of aliphatic hydroxyl groups is 2. The summed E-state index contributed by atoms with van der Waals surface area (Å²) in [5.74, 6) is 0.208. The van der Waals surface area contributed by atoms with Gasteiger partial charge in [0.05, 0.1) is 11.7 Å². The molecule has 214 valence electrons. The number of carbonyl (C=O) groups excluding carboxylic acids is 2. The molecule has 0 aromatic heterocycles. The van der Waals surface area contributed by atoms with Gasteiger partial charge in [0.1, 0.15) is 18.3 Å². The van der Waals surface area contributed by atoms with Crippen molar-refractivity contribution in [1.29, 1.82) is 0 Å². The zero-order valence-corrected chi connectivity index (χ0v) is 24.8. The van der Waals surface area contributed by atoms with Crippen LogP contribution in [0.2, 0.25) is 0 Å². The summed E-state index contributed by atoms with van der Waals surface area (Å²) >= 11 is 0. The second-order valence-electron chi connectivity index (χ2n) is 16.0. The van der Waals surface area contributed by atoms with E-state index in [0.717, 1.165) is 38.5 Å². The zero-order valence-electron chi connectivity index (χ0n) is 24.8. The van der Waals surface area contributed by atoms with E-state index in [1.54, 1.807) is 0 Å². The van der Waals surface area contributed by atoms with E-state index in [1.165, 1.54) is 13.3 Å². The number of epoxide rings is 1. The van der Waals surface area contributed by atoms with Gasteiger partial charge in [-0.3, -0.25) is 9.59 Å². The van der Waals surface area contributed by atoms with Gasteiger partial charge in [-0.2, -0.15) is 0 Å². The number of aliphatic hydroxyl groups excluding tert-OH is 2. The molecule has 6 nitrogen and oxygen atoms in total. The van der Waals surface area contributed by atoms with Gasteiger partial charge in [0.2, 0.25) is 0 Å². The van der Waals surface area contributed by atoms with E-state index in [1.807, 2.05) is 13.8 Å². The van der Waals surface area contributed by atoms with Crippen molar-refractivity contribution >= 4 is 11.8 Å². The van der Waals surface area contributed by atoms with Gasteiger partial charge in [-0.25, -0.2) is 0 Å². The van der Waals surface area contributed by atoms with E-state index >= 15 is 0 Å². The van der Waals surface area contributed by atoms with Crippen molar-refractivity contribution in [1.82, 2.24) is 0 Å². The van der Waals surface area contributed by atoms with Gasteiger partial charge in [0.15, 0.2) is 5.78 Å². The fraction of sp³-hybridized carbons (Fsp3) is 0.938. The summed E-state index contributed by atoms with van der Waals surface area (Å²) in [5, 5.41) is 22.7. The Morgan fingerprint density at radius 1 is 1.00 bits per heavy atom. The Morgan fingerprint density at radius 3 is 2.21 bits per heavy atom. The molecular formula is C32H50O6. The highest BCUT2D eigenvalue weighted by molar-refractivity contribution is 5.90. The van der Waals surface area contributed by atoms with Crippen LogP contribution in [0.25, 0.3) is 0 Å². The first-order chi connectivity index (χ1) is 17.5. The van der Waals surface area contributed by atoms with Gasteiger partial charge in [0.25, 0.3) is 0 Å². The molecule has 38 heavy (non-hydrogen) atoms. The molecule has 6 rings (SSSR count). The summed E-state index contributed by atoms with van der Waals surface area (Å²) < 4.78 is 11.6. The fourth-order valence-corrected chi connectivity index (χ4v) is 11.9. The molecule has 6 fully saturated rings. The van der Waals surface area contributed by atoms with Gasteiger partial charge >= 0.3 is 5.97 Å². The minimum atomic E-state index is -0.959. The molecule has 0 amide bonds. The van der Waals surface area contributed by atoms with E-state index in [2.05, 4.69) is 34.6 Å². The van der Waals surface area contributed by atoms with Crippen LogP contribution >= 0.6 is 0 Å². The van der Waals surface area contributed by atoms with Gasteiger partial charge in [0, 0.05) is 18.3 Å². The average molecular weight is 531 g/mol. The normalized spacial score (nSPS) is 53.1. The predicted octanol–water partition coefficient (Wildman–Crippen LogP) is 5.07. The summed E-state index contributed by atoms with van der Waals surface area (Å²) in [7, 11) is 0. The highest BCUT2D eigenvalue weighted by atomic mass is 16.6. The lowest BCUT2D eigenvalue weighted by atomic mass is 9.41. The van der Waals surface area contributed by atoms with Crippen molar-refractivity contribution in [3.63, 3.8) is 0 Å². The highest BCUT2D eigenvalue weighted by Gasteiger charge is 2.84. The molecule has 5 aliphatic carbocycles.